The molecule has 5 heteroatoms. The molecule has 0 bridgehead atoms. The fourth-order valence-electron chi connectivity index (χ4n) is 2.32. The largest absolute Gasteiger partial charge is 0.493 e. The van der Waals surface area contributed by atoms with Gasteiger partial charge in [0.05, 0.1) is 25.3 Å². The van der Waals surface area contributed by atoms with Crippen LogP contribution in [0.5, 0.6) is 11.5 Å². The van der Waals surface area contributed by atoms with Gasteiger partial charge in [0.1, 0.15) is 0 Å². The quantitative estimate of drug-likeness (QED) is 0.888. The summed E-state index contributed by atoms with van der Waals surface area (Å²) in [6.45, 7) is 0. The fourth-order valence-corrected chi connectivity index (χ4v) is 2.86. The molecular weight excluding hydrogens is 309 g/mol. The lowest BCUT2D eigenvalue weighted by Gasteiger charge is -2.20. The summed E-state index contributed by atoms with van der Waals surface area (Å²) in [4.78, 5) is 0. The number of rotatable bonds is 5. The first kappa shape index (κ1) is 16.0. The molecule has 3 nitrogen and oxygen atoms in total. The summed E-state index contributed by atoms with van der Waals surface area (Å²) in [6, 6.07) is 11.4. The lowest BCUT2D eigenvalue weighted by atomic mass is 9.98. The van der Waals surface area contributed by atoms with Crippen molar-refractivity contribution in [1.29, 1.82) is 0 Å². The second-order valence-corrected chi connectivity index (χ2v) is 5.30. The van der Waals surface area contributed by atoms with Gasteiger partial charge in [-0.1, -0.05) is 41.4 Å². The number of hydrogen-bond acceptors (Lipinski definition) is 3. The van der Waals surface area contributed by atoms with Gasteiger partial charge in [0.2, 0.25) is 0 Å². The minimum atomic E-state index is -0.0870. The van der Waals surface area contributed by atoms with Gasteiger partial charge in [0, 0.05) is 5.02 Å². The summed E-state index contributed by atoms with van der Waals surface area (Å²) in [7, 11) is 5.02. The molecule has 1 atom stereocenters. The van der Waals surface area contributed by atoms with Crippen LogP contribution >= 0.6 is 23.2 Å². The number of ether oxygens (including phenoxy) is 2. The van der Waals surface area contributed by atoms with E-state index in [1.807, 2.05) is 43.4 Å². The molecule has 0 aliphatic carbocycles. The Morgan fingerprint density at radius 3 is 2.29 bits per heavy atom. The molecular formula is C16H17Cl2NO2. The van der Waals surface area contributed by atoms with Crippen molar-refractivity contribution in [3.63, 3.8) is 0 Å². The van der Waals surface area contributed by atoms with Crippen molar-refractivity contribution in [3.05, 3.63) is 57.6 Å². The van der Waals surface area contributed by atoms with Gasteiger partial charge in [-0.05, 0) is 36.4 Å². The number of methoxy groups -OCH3 is 2. The molecule has 2 rings (SSSR count). The molecule has 0 saturated carbocycles. The maximum absolute atomic E-state index is 6.29. The highest BCUT2D eigenvalue weighted by molar-refractivity contribution is 6.32. The van der Waals surface area contributed by atoms with Crippen LogP contribution in [0.3, 0.4) is 0 Å². The number of nitrogens with one attached hydrogen (secondary N) is 1. The van der Waals surface area contributed by atoms with E-state index in [-0.39, 0.29) is 6.04 Å². The van der Waals surface area contributed by atoms with Crippen molar-refractivity contribution >= 4 is 23.2 Å². The molecule has 0 aliphatic rings. The average molecular weight is 326 g/mol. The molecule has 2 aromatic rings. The van der Waals surface area contributed by atoms with E-state index in [0.717, 1.165) is 11.1 Å². The maximum Gasteiger partial charge on any atom is 0.179 e. The molecule has 0 aliphatic heterocycles. The van der Waals surface area contributed by atoms with Crippen molar-refractivity contribution in [2.24, 2.45) is 0 Å². The molecule has 0 fully saturated rings. The minimum absolute atomic E-state index is 0.0870. The summed E-state index contributed by atoms with van der Waals surface area (Å²) >= 11 is 12.6. The summed E-state index contributed by atoms with van der Waals surface area (Å²) in [5.74, 6) is 1.12. The molecule has 0 saturated heterocycles. The van der Waals surface area contributed by atoms with E-state index in [4.69, 9.17) is 32.7 Å². The molecule has 0 aromatic heterocycles. The summed E-state index contributed by atoms with van der Waals surface area (Å²) in [5, 5.41) is 4.45. The van der Waals surface area contributed by atoms with E-state index < -0.39 is 0 Å². The van der Waals surface area contributed by atoms with Gasteiger partial charge in [-0.3, -0.25) is 0 Å². The van der Waals surface area contributed by atoms with E-state index in [2.05, 4.69) is 5.32 Å². The first-order valence-corrected chi connectivity index (χ1v) is 7.21. The van der Waals surface area contributed by atoms with Crippen molar-refractivity contribution in [1.82, 2.24) is 5.32 Å². The summed E-state index contributed by atoms with van der Waals surface area (Å²) in [5.41, 5.74) is 1.93. The Morgan fingerprint density at radius 2 is 1.71 bits per heavy atom. The fraction of sp³-hybridized carbons (Fsp3) is 0.250. The third-order valence-corrected chi connectivity index (χ3v) is 3.92. The average Bonchev–Trinajstić information content (AvgIpc) is 2.49. The van der Waals surface area contributed by atoms with Crippen LogP contribution in [-0.4, -0.2) is 21.3 Å². The predicted octanol–water partition coefficient (Wildman–Crippen LogP) is 4.32. The third-order valence-electron chi connectivity index (χ3n) is 3.29. The number of halogens is 2. The highest BCUT2D eigenvalue weighted by atomic mass is 35.5. The van der Waals surface area contributed by atoms with Crippen LogP contribution in [0.2, 0.25) is 10.0 Å². The second-order valence-electron chi connectivity index (χ2n) is 4.48. The van der Waals surface area contributed by atoms with Gasteiger partial charge in [-0.15, -0.1) is 0 Å². The van der Waals surface area contributed by atoms with Crippen molar-refractivity contribution in [2.75, 3.05) is 21.3 Å². The molecule has 112 valence electrons. The molecule has 21 heavy (non-hydrogen) atoms. The molecule has 2 aromatic carbocycles. The van der Waals surface area contributed by atoms with Crippen LogP contribution in [-0.2, 0) is 0 Å². The van der Waals surface area contributed by atoms with Gasteiger partial charge < -0.3 is 14.8 Å². The minimum Gasteiger partial charge on any atom is -0.493 e. The SMILES string of the molecule is CNC(c1cc(Cl)c(OC)c(OC)c1)c1ccccc1Cl. The predicted molar refractivity (Wildman–Crippen MR) is 86.9 cm³/mol. The second kappa shape index (κ2) is 7.03. The van der Waals surface area contributed by atoms with Crippen LogP contribution in [0.15, 0.2) is 36.4 Å². The molecule has 0 spiro atoms. The van der Waals surface area contributed by atoms with E-state index in [1.54, 1.807) is 14.2 Å². The molecule has 1 N–H and O–H groups in total. The standard InChI is InChI=1S/C16H17Cl2NO2/c1-19-15(11-6-4-5-7-12(11)17)10-8-13(18)16(21-3)14(9-10)20-2/h4-9,15,19H,1-3H3. The first-order valence-electron chi connectivity index (χ1n) is 6.45. The molecule has 0 amide bonds. The van der Waals surface area contributed by atoms with Crippen LogP contribution in [0.25, 0.3) is 0 Å². The van der Waals surface area contributed by atoms with Crippen molar-refractivity contribution in [2.45, 2.75) is 6.04 Å². The molecule has 0 heterocycles. The summed E-state index contributed by atoms with van der Waals surface area (Å²) < 4.78 is 10.6. The van der Waals surface area contributed by atoms with Crippen molar-refractivity contribution in [3.8, 4) is 11.5 Å². The third kappa shape index (κ3) is 3.26. The van der Waals surface area contributed by atoms with Crippen molar-refractivity contribution < 1.29 is 9.47 Å². The van der Waals surface area contributed by atoms with Gasteiger partial charge >= 0.3 is 0 Å². The number of hydrogen-bond donors (Lipinski definition) is 1. The Balaban J connectivity index is 2.53. The van der Waals surface area contributed by atoms with Crippen LogP contribution in [0.4, 0.5) is 0 Å². The first-order chi connectivity index (χ1) is 10.1. The number of benzene rings is 2. The zero-order chi connectivity index (χ0) is 15.4. The van der Waals surface area contributed by atoms with E-state index in [0.29, 0.717) is 21.5 Å². The van der Waals surface area contributed by atoms with Gasteiger partial charge in [0.15, 0.2) is 11.5 Å². The Hall–Kier alpha value is -1.42. The highest BCUT2D eigenvalue weighted by Crippen LogP contribution is 2.39. The maximum atomic E-state index is 6.29. The van der Waals surface area contributed by atoms with Crippen LogP contribution in [0.1, 0.15) is 17.2 Å². The lowest BCUT2D eigenvalue weighted by molar-refractivity contribution is 0.354. The Labute approximate surface area is 134 Å². The Bertz CT molecular complexity index is 632. The van der Waals surface area contributed by atoms with Crippen LogP contribution < -0.4 is 14.8 Å². The monoisotopic (exact) mass is 325 g/mol. The molecule has 1 unspecified atom stereocenters. The normalized spacial score (nSPS) is 12.0. The topological polar surface area (TPSA) is 30.5 Å². The Morgan fingerprint density at radius 1 is 1.00 bits per heavy atom. The van der Waals surface area contributed by atoms with Gasteiger partial charge in [-0.2, -0.15) is 0 Å². The van der Waals surface area contributed by atoms with E-state index in [1.165, 1.54) is 0 Å². The Kier molecular flexibility index (Phi) is 5.34. The lowest BCUT2D eigenvalue weighted by Crippen LogP contribution is -2.18. The van der Waals surface area contributed by atoms with E-state index >= 15 is 0 Å². The van der Waals surface area contributed by atoms with Gasteiger partial charge in [-0.25, -0.2) is 0 Å². The zero-order valence-corrected chi connectivity index (χ0v) is 13.6. The zero-order valence-electron chi connectivity index (χ0n) is 12.1. The van der Waals surface area contributed by atoms with Crippen LogP contribution in [0, 0.1) is 0 Å². The smallest absolute Gasteiger partial charge is 0.179 e. The highest BCUT2D eigenvalue weighted by Gasteiger charge is 2.19. The summed E-state index contributed by atoms with van der Waals surface area (Å²) in [6.07, 6.45) is 0. The van der Waals surface area contributed by atoms with Gasteiger partial charge in [0.25, 0.3) is 0 Å². The molecule has 0 radical (unpaired) electrons. The van der Waals surface area contributed by atoms with E-state index in [9.17, 15) is 0 Å².